The Balaban J connectivity index is 1.74. The number of carbonyl (C=O) groups excluding carboxylic acids is 2. The van der Waals surface area contributed by atoms with Gasteiger partial charge in [0.1, 0.15) is 6.04 Å². The lowest BCUT2D eigenvalue weighted by molar-refractivity contribution is -0.143. The summed E-state index contributed by atoms with van der Waals surface area (Å²) in [5.74, 6) is 0.691. The Bertz CT molecular complexity index is 669. The molecule has 2 aliphatic rings. The number of benzene rings is 1. The molecule has 124 valence electrons. The number of amides is 2. The van der Waals surface area contributed by atoms with E-state index in [0.29, 0.717) is 28.8 Å². The third-order valence-electron chi connectivity index (χ3n) is 4.53. The molecule has 0 radical (unpaired) electrons. The molecule has 2 saturated heterocycles. The maximum Gasteiger partial charge on any atom is 0.246 e. The van der Waals surface area contributed by atoms with Crippen molar-refractivity contribution in [3.8, 4) is 0 Å². The number of hydrogen-bond acceptors (Lipinski definition) is 3. The van der Waals surface area contributed by atoms with Crippen LogP contribution in [0.1, 0.15) is 25.3 Å². The Kier molecular flexibility index (Phi) is 4.55. The first-order valence-corrected chi connectivity index (χ1v) is 9.21. The third-order valence-corrected chi connectivity index (χ3v) is 6.62. The van der Waals surface area contributed by atoms with E-state index in [0.717, 1.165) is 12.0 Å². The zero-order valence-corrected chi connectivity index (χ0v) is 15.3. The van der Waals surface area contributed by atoms with Crippen LogP contribution in [0.15, 0.2) is 18.2 Å². The summed E-state index contributed by atoms with van der Waals surface area (Å²) in [5.41, 5.74) is 0.841. The molecule has 0 N–H and O–H groups in total. The zero-order chi connectivity index (χ0) is 16.8. The van der Waals surface area contributed by atoms with Crippen LogP contribution in [0.25, 0.3) is 0 Å². The number of likely N-dealkylation sites (N-methyl/N-ethyl adjacent to an activating group) is 1. The van der Waals surface area contributed by atoms with Gasteiger partial charge in [-0.1, -0.05) is 29.3 Å². The van der Waals surface area contributed by atoms with E-state index < -0.39 is 0 Å². The van der Waals surface area contributed by atoms with Crippen LogP contribution in [0.4, 0.5) is 0 Å². The summed E-state index contributed by atoms with van der Waals surface area (Å²) in [6.07, 6.45) is 1.34. The molecule has 2 atom stereocenters. The SMILES string of the molecule is CN(Cc1ccc(Cl)cc1Cl)C(=O)[C@@H]1CS[C@]2(C)CCC(=O)N12. The maximum absolute atomic E-state index is 12.8. The molecule has 1 aromatic rings. The van der Waals surface area contributed by atoms with Crippen LogP contribution in [0.3, 0.4) is 0 Å². The molecule has 0 aliphatic carbocycles. The van der Waals surface area contributed by atoms with Gasteiger partial charge in [0.05, 0.1) is 4.87 Å². The smallest absolute Gasteiger partial charge is 0.246 e. The first kappa shape index (κ1) is 16.9. The second-order valence-corrected chi connectivity index (χ2v) is 8.54. The van der Waals surface area contributed by atoms with E-state index in [1.54, 1.807) is 40.7 Å². The highest BCUT2D eigenvalue weighted by atomic mass is 35.5. The molecule has 7 heteroatoms. The summed E-state index contributed by atoms with van der Waals surface area (Å²) < 4.78 is 0. The van der Waals surface area contributed by atoms with Crippen molar-refractivity contribution in [3.05, 3.63) is 33.8 Å². The van der Waals surface area contributed by atoms with Gasteiger partial charge < -0.3 is 9.80 Å². The molecule has 2 amide bonds. The van der Waals surface area contributed by atoms with Gasteiger partial charge in [-0.2, -0.15) is 0 Å². The fourth-order valence-corrected chi connectivity index (χ4v) is 5.13. The van der Waals surface area contributed by atoms with Crippen LogP contribution in [0, 0.1) is 0 Å². The van der Waals surface area contributed by atoms with Crippen molar-refractivity contribution in [2.24, 2.45) is 0 Å². The minimum Gasteiger partial charge on any atom is -0.340 e. The second-order valence-electron chi connectivity index (χ2n) is 6.20. The largest absolute Gasteiger partial charge is 0.340 e. The molecule has 2 fully saturated rings. The minimum absolute atomic E-state index is 0.0394. The molecule has 3 rings (SSSR count). The van der Waals surface area contributed by atoms with Crippen molar-refractivity contribution in [1.29, 1.82) is 0 Å². The Morgan fingerprint density at radius 2 is 2.22 bits per heavy atom. The zero-order valence-electron chi connectivity index (χ0n) is 13.0. The third kappa shape index (κ3) is 3.06. The molecule has 2 aliphatic heterocycles. The number of fused-ring (bicyclic) bond motifs is 1. The summed E-state index contributed by atoms with van der Waals surface area (Å²) >= 11 is 13.8. The van der Waals surface area contributed by atoms with Crippen molar-refractivity contribution < 1.29 is 9.59 Å². The quantitative estimate of drug-likeness (QED) is 0.816. The number of thioether (sulfide) groups is 1. The Morgan fingerprint density at radius 3 is 2.91 bits per heavy atom. The summed E-state index contributed by atoms with van der Waals surface area (Å²) in [6, 6.07) is 4.87. The second kappa shape index (κ2) is 6.19. The molecule has 0 saturated carbocycles. The first-order chi connectivity index (χ1) is 10.8. The molecule has 0 aromatic heterocycles. The number of halogens is 2. The van der Waals surface area contributed by atoms with Gasteiger partial charge >= 0.3 is 0 Å². The van der Waals surface area contributed by atoms with Crippen LogP contribution in [-0.4, -0.2) is 45.3 Å². The van der Waals surface area contributed by atoms with Crippen molar-refractivity contribution in [1.82, 2.24) is 9.80 Å². The van der Waals surface area contributed by atoms with E-state index in [1.807, 2.05) is 13.0 Å². The van der Waals surface area contributed by atoms with Crippen molar-refractivity contribution >= 4 is 46.8 Å². The number of hydrogen-bond donors (Lipinski definition) is 0. The van der Waals surface area contributed by atoms with Gasteiger partial charge in [0.25, 0.3) is 0 Å². The fraction of sp³-hybridized carbons (Fsp3) is 0.500. The number of carbonyl (C=O) groups is 2. The lowest BCUT2D eigenvalue weighted by Gasteiger charge is -2.32. The monoisotopic (exact) mass is 372 g/mol. The van der Waals surface area contributed by atoms with Gasteiger partial charge in [-0.05, 0) is 31.0 Å². The van der Waals surface area contributed by atoms with Gasteiger partial charge in [0.2, 0.25) is 11.8 Å². The Hall–Kier alpha value is -0.910. The highest BCUT2D eigenvalue weighted by molar-refractivity contribution is 8.01. The van der Waals surface area contributed by atoms with Gasteiger partial charge in [-0.15, -0.1) is 11.8 Å². The molecule has 0 spiro atoms. The Morgan fingerprint density at radius 1 is 1.48 bits per heavy atom. The Labute approximate surface area is 150 Å². The summed E-state index contributed by atoms with van der Waals surface area (Å²) in [7, 11) is 1.74. The van der Waals surface area contributed by atoms with Crippen molar-refractivity contribution in [2.45, 2.75) is 37.2 Å². The van der Waals surface area contributed by atoms with Crippen LogP contribution in [0.2, 0.25) is 10.0 Å². The van der Waals surface area contributed by atoms with Gasteiger partial charge in [-0.3, -0.25) is 9.59 Å². The molecule has 4 nitrogen and oxygen atoms in total. The standard InChI is InChI=1S/C16H18Cl2N2O2S/c1-16-6-5-14(21)20(16)13(9-23-16)15(22)19(2)8-10-3-4-11(17)7-12(10)18/h3-4,7,13H,5-6,8-9H2,1-2H3/t13-,16+/m0/s1. The maximum atomic E-state index is 12.8. The van der Waals surface area contributed by atoms with E-state index in [4.69, 9.17) is 23.2 Å². The lowest BCUT2D eigenvalue weighted by atomic mass is 10.1. The van der Waals surface area contributed by atoms with Gasteiger partial charge in [-0.25, -0.2) is 0 Å². The highest BCUT2D eigenvalue weighted by Crippen LogP contribution is 2.47. The van der Waals surface area contributed by atoms with E-state index in [9.17, 15) is 9.59 Å². The summed E-state index contributed by atoms with van der Waals surface area (Å²) in [4.78, 5) is 28.2. The van der Waals surface area contributed by atoms with Crippen LogP contribution < -0.4 is 0 Å². The van der Waals surface area contributed by atoms with Gasteiger partial charge in [0.15, 0.2) is 0 Å². The average Bonchev–Trinajstić information content (AvgIpc) is 2.98. The molecular weight excluding hydrogens is 355 g/mol. The van der Waals surface area contributed by atoms with E-state index in [1.165, 1.54) is 0 Å². The molecule has 0 bridgehead atoms. The molecular formula is C16H18Cl2N2O2S. The fourth-order valence-electron chi connectivity index (χ4n) is 3.24. The lowest BCUT2D eigenvalue weighted by Crippen LogP contribution is -2.50. The average molecular weight is 373 g/mol. The van der Waals surface area contributed by atoms with Crippen LogP contribution in [0.5, 0.6) is 0 Å². The number of rotatable bonds is 3. The molecule has 0 unspecified atom stereocenters. The summed E-state index contributed by atoms with van der Waals surface area (Å²) in [6.45, 7) is 2.45. The highest BCUT2D eigenvalue weighted by Gasteiger charge is 2.53. The predicted octanol–water partition coefficient (Wildman–Crippen LogP) is 3.41. The normalized spacial score (nSPS) is 26.5. The van der Waals surface area contributed by atoms with E-state index in [-0.39, 0.29) is 22.7 Å². The van der Waals surface area contributed by atoms with Crippen LogP contribution >= 0.6 is 35.0 Å². The topological polar surface area (TPSA) is 40.6 Å². The molecule has 23 heavy (non-hydrogen) atoms. The van der Waals surface area contributed by atoms with Crippen molar-refractivity contribution in [2.75, 3.05) is 12.8 Å². The van der Waals surface area contributed by atoms with Crippen molar-refractivity contribution in [3.63, 3.8) is 0 Å². The van der Waals surface area contributed by atoms with E-state index >= 15 is 0 Å². The predicted molar refractivity (Wildman–Crippen MR) is 93.7 cm³/mol. The minimum atomic E-state index is -0.379. The molecule has 2 heterocycles. The van der Waals surface area contributed by atoms with Gasteiger partial charge in [0, 0.05) is 35.8 Å². The summed E-state index contributed by atoms with van der Waals surface area (Å²) in [5, 5.41) is 1.11. The first-order valence-electron chi connectivity index (χ1n) is 7.47. The van der Waals surface area contributed by atoms with E-state index in [2.05, 4.69) is 0 Å². The van der Waals surface area contributed by atoms with Crippen LogP contribution in [-0.2, 0) is 16.1 Å². The molecule has 1 aromatic carbocycles. The number of nitrogens with zero attached hydrogens (tertiary/aromatic N) is 2.